The molecule has 0 amide bonds. The van der Waals surface area contributed by atoms with Gasteiger partial charge in [0, 0.05) is 44.2 Å². The lowest BCUT2D eigenvalue weighted by molar-refractivity contribution is 0.147. The first-order valence-electron chi connectivity index (χ1n) is 13.0. The number of nitrogens with two attached hydrogens (primary N) is 1. The number of piperazine rings is 1. The van der Waals surface area contributed by atoms with Gasteiger partial charge in [0.15, 0.2) is 5.11 Å². The Hall–Kier alpha value is -2.08. The summed E-state index contributed by atoms with van der Waals surface area (Å²) >= 11 is 18.4. The number of anilines is 2. The fourth-order valence-electron chi connectivity index (χ4n) is 6.29. The highest BCUT2D eigenvalue weighted by atomic mass is 35.5. The van der Waals surface area contributed by atoms with E-state index in [4.69, 9.17) is 41.2 Å². The van der Waals surface area contributed by atoms with Crippen LogP contribution in [0.4, 0.5) is 11.4 Å². The number of hydrogen-bond donors (Lipinski definition) is 2. The van der Waals surface area contributed by atoms with Gasteiger partial charge < -0.3 is 25.8 Å². The topological polar surface area (TPSA) is 71.6 Å². The Balaban J connectivity index is 1.32. The molecule has 3 atom stereocenters. The van der Waals surface area contributed by atoms with Crippen LogP contribution in [0.1, 0.15) is 36.8 Å². The third-order valence-corrected chi connectivity index (χ3v) is 9.57. The van der Waals surface area contributed by atoms with Crippen molar-refractivity contribution in [1.29, 1.82) is 5.26 Å². The van der Waals surface area contributed by atoms with Gasteiger partial charge in [-0.1, -0.05) is 35.3 Å². The molecular formula is C28H34Cl2N6S. The Morgan fingerprint density at radius 2 is 1.97 bits per heavy atom. The number of nitriles is 1. The Kier molecular flexibility index (Phi) is 7.86. The van der Waals surface area contributed by atoms with Crippen molar-refractivity contribution in [2.45, 2.75) is 37.1 Å². The fourth-order valence-corrected chi connectivity index (χ4v) is 6.96. The summed E-state index contributed by atoms with van der Waals surface area (Å²) in [5.41, 5.74) is 9.64. The first-order chi connectivity index (χ1) is 17.8. The van der Waals surface area contributed by atoms with E-state index in [1.54, 1.807) is 12.1 Å². The molecule has 2 aliphatic carbocycles. The van der Waals surface area contributed by atoms with Crippen LogP contribution >= 0.6 is 35.4 Å². The molecule has 37 heavy (non-hydrogen) atoms. The number of rotatable bonds is 7. The van der Waals surface area contributed by atoms with Crippen LogP contribution in [0.5, 0.6) is 0 Å². The molecule has 1 heterocycles. The number of fused-ring (bicyclic) bond motifs is 1. The van der Waals surface area contributed by atoms with Crippen molar-refractivity contribution >= 4 is 51.9 Å². The molecular weight excluding hydrogens is 523 g/mol. The highest BCUT2D eigenvalue weighted by molar-refractivity contribution is 7.80. The molecule has 1 saturated heterocycles. The molecule has 6 nitrogen and oxygen atoms in total. The van der Waals surface area contributed by atoms with Crippen molar-refractivity contribution in [3.8, 4) is 6.07 Å². The quantitative estimate of drug-likeness (QED) is 0.358. The number of nitrogens with zero attached hydrogens (tertiary/aromatic N) is 4. The highest BCUT2D eigenvalue weighted by Gasteiger charge is 2.63. The second-order valence-electron chi connectivity index (χ2n) is 10.7. The number of benzene rings is 2. The summed E-state index contributed by atoms with van der Waals surface area (Å²) in [6, 6.07) is 14.2. The molecule has 1 aliphatic heterocycles. The monoisotopic (exact) mass is 556 g/mol. The normalized spacial score (nSPS) is 25.4. The molecule has 0 spiro atoms. The maximum absolute atomic E-state index is 9.42. The smallest absolute Gasteiger partial charge is 0.173 e. The summed E-state index contributed by atoms with van der Waals surface area (Å²) in [6.07, 6.45) is 4.37. The van der Waals surface area contributed by atoms with Gasteiger partial charge in [0.05, 0.1) is 33.1 Å². The summed E-state index contributed by atoms with van der Waals surface area (Å²) in [7, 11) is 2.19. The predicted octanol–water partition coefficient (Wildman–Crippen LogP) is 5.20. The van der Waals surface area contributed by atoms with Gasteiger partial charge in [-0.25, -0.2) is 0 Å². The van der Waals surface area contributed by atoms with Gasteiger partial charge in [0.2, 0.25) is 0 Å². The van der Waals surface area contributed by atoms with Crippen LogP contribution in [-0.4, -0.2) is 72.2 Å². The van der Waals surface area contributed by atoms with E-state index in [2.05, 4.69) is 45.3 Å². The summed E-state index contributed by atoms with van der Waals surface area (Å²) in [5, 5.41) is 14.4. The average molecular weight is 558 g/mol. The number of hydrogen-bond acceptors (Lipinski definition) is 5. The first kappa shape index (κ1) is 26.5. The number of nitrogen functional groups attached to an aromatic ring is 1. The number of thiocarbonyl (C=S) groups is 1. The van der Waals surface area contributed by atoms with E-state index in [9.17, 15) is 5.26 Å². The van der Waals surface area contributed by atoms with Crippen LogP contribution in [-0.2, 0) is 5.41 Å². The van der Waals surface area contributed by atoms with Crippen LogP contribution in [0.15, 0.2) is 36.4 Å². The van der Waals surface area contributed by atoms with Crippen LogP contribution in [0.2, 0.25) is 10.0 Å². The Labute approximate surface area is 235 Å². The lowest BCUT2D eigenvalue weighted by Gasteiger charge is -2.35. The third kappa shape index (κ3) is 5.55. The van der Waals surface area contributed by atoms with Crippen molar-refractivity contribution in [2.24, 2.45) is 5.92 Å². The largest absolute Gasteiger partial charge is 0.397 e. The van der Waals surface area contributed by atoms with Gasteiger partial charge in [0.25, 0.3) is 0 Å². The van der Waals surface area contributed by atoms with Crippen molar-refractivity contribution in [2.75, 3.05) is 57.4 Å². The van der Waals surface area contributed by atoms with Gasteiger partial charge >= 0.3 is 0 Å². The molecule has 3 aliphatic rings. The molecule has 3 N–H and O–H groups in total. The lowest BCUT2D eigenvalue weighted by atomic mass is 9.92. The third-order valence-electron chi connectivity index (χ3n) is 8.52. The SMILES string of the molecule is CN1CCN(CCCN(C(=S)Nc2cc(Cl)c(Cl)cc2N)[C@@H]2CC[C@]3(c4cccc(C#N)c4)CC23)CC1. The molecule has 2 aromatic carbocycles. The van der Waals surface area contributed by atoms with E-state index in [1.165, 1.54) is 5.56 Å². The van der Waals surface area contributed by atoms with Crippen molar-refractivity contribution in [3.05, 3.63) is 57.6 Å². The van der Waals surface area contributed by atoms with Crippen molar-refractivity contribution in [1.82, 2.24) is 14.7 Å². The van der Waals surface area contributed by atoms with Crippen LogP contribution in [0.25, 0.3) is 0 Å². The summed E-state index contributed by atoms with van der Waals surface area (Å²) < 4.78 is 0. The van der Waals surface area contributed by atoms with Crippen molar-refractivity contribution < 1.29 is 0 Å². The minimum absolute atomic E-state index is 0.158. The molecule has 196 valence electrons. The molecule has 0 aromatic heterocycles. The second-order valence-corrected chi connectivity index (χ2v) is 11.9. The number of nitrogens with one attached hydrogen (secondary N) is 1. The predicted molar refractivity (Wildman–Crippen MR) is 156 cm³/mol. The van der Waals surface area contributed by atoms with E-state index in [0.29, 0.717) is 38.5 Å². The maximum Gasteiger partial charge on any atom is 0.173 e. The molecule has 2 saturated carbocycles. The maximum atomic E-state index is 9.42. The van der Waals surface area contributed by atoms with Crippen LogP contribution < -0.4 is 11.1 Å². The summed E-state index contributed by atoms with van der Waals surface area (Å²) in [4.78, 5) is 7.33. The molecule has 0 bridgehead atoms. The first-order valence-corrected chi connectivity index (χ1v) is 14.2. The standard InChI is InChI=1S/C28H34Cl2N6S/c1-34-10-12-35(13-11-34)8-3-9-36(27(37)33-25-16-23(30)22(29)15-24(25)32)26-6-7-28(17-21(26)28)20-5-2-4-19(14-20)18-31/h2,4-5,14-16,21,26H,3,6-13,17,32H2,1H3,(H,33,37)/t21?,26-,28-/m1/s1. The van der Waals surface area contributed by atoms with Crippen molar-refractivity contribution in [3.63, 3.8) is 0 Å². The minimum Gasteiger partial charge on any atom is -0.397 e. The molecule has 5 rings (SSSR count). The van der Waals surface area contributed by atoms with Gasteiger partial charge in [-0.2, -0.15) is 5.26 Å². The molecule has 0 radical (unpaired) electrons. The molecule has 3 fully saturated rings. The zero-order chi connectivity index (χ0) is 26.2. The second kappa shape index (κ2) is 11.0. The zero-order valence-corrected chi connectivity index (χ0v) is 23.5. The Morgan fingerprint density at radius 1 is 1.22 bits per heavy atom. The van der Waals surface area contributed by atoms with E-state index in [1.807, 2.05) is 12.1 Å². The Morgan fingerprint density at radius 3 is 2.70 bits per heavy atom. The van der Waals surface area contributed by atoms with E-state index >= 15 is 0 Å². The minimum atomic E-state index is 0.158. The molecule has 9 heteroatoms. The van der Waals surface area contributed by atoms with Crippen LogP contribution in [0.3, 0.4) is 0 Å². The van der Waals surface area contributed by atoms with E-state index < -0.39 is 0 Å². The van der Waals surface area contributed by atoms with E-state index in [-0.39, 0.29) is 5.41 Å². The lowest BCUT2D eigenvalue weighted by Crippen LogP contribution is -2.47. The summed E-state index contributed by atoms with van der Waals surface area (Å²) in [5.74, 6) is 0.524. The Bertz CT molecular complexity index is 1210. The van der Waals surface area contributed by atoms with Gasteiger partial charge in [-0.05, 0) is 87.2 Å². The summed E-state index contributed by atoms with van der Waals surface area (Å²) in [6.45, 7) is 6.42. The average Bonchev–Trinajstić information content (AvgIpc) is 3.52. The zero-order valence-electron chi connectivity index (χ0n) is 21.2. The number of likely N-dealkylation sites (N-methyl/N-ethyl adjacent to an activating group) is 1. The fraction of sp³-hybridized carbons (Fsp3) is 0.500. The number of halogens is 2. The van der Waals surface area contributed by atoms with Gasteiger partial charge in [-0.15, -0.1) is 0 Å². The van der Waals surface area contributed by atoms with Gasteiger partial charge in [0.1, 0.15) is 0 Å². The van der Waals surface area contributed by atoms with Crippen LogP contribution in [0, 0.1) is 17.2 Å². The van der Waals surface area contributed by atoms with E-state index in [0.717, 1.165) is 70.5 Å². The van der Waals surface area contributed by atoms with Gasteiger partial charge in [-0.3, -0.25) is 0 Å². The molecule has 1 unspecified atom stereocenters. The highest BCUT2D eigenvalue weighted by Crippen LogP contribution is 2.65. The molecule has 2 aromatic rings.